The first-order valence-electron chi connectivity index (χ1n) is 23.1. The third kappa shape index (κ3) is 6.82. The minimum atomic E-state index is 0.175. The number of fused-ring (bicyclic) bond motifs is 5. The fraction of sp³-hybridized carbons (Fsp3) is 0.129. The van der Waals surface area contributed by atoms with Crippen LogP contribution in [0.1, 0.15) is 67.1 Å². The maximum absolute atomic E-state index is 6.22. The third-order valence-corrected chi connectivity index (χ3v) is 14.0. The molecule has 0 aliphatic heterocycles. The molecule has 1 heterocycles. The Kier molecular flexibility index (Phi) is 9.79. The molecule has 2 aliphatic carbocycles. The molecular formula is C62H49NO. The standard InChI is InChI=1S/C62H49NO/c1-3-16-44(17-4-1)52-38-34-48(51-27-13-21-43-20-7-8-24-50(43)51)41-59(52)63(49-36-32-42(33-37-49)47-35-39-61-57(40-47)55-26-10-12-31-60(55)64-61)58-30-11-9-25-54(58)56-29-15-23-46-22-14-28-53(62(46)56)45-18-5-2-6-19-45/h1,3-4,7-17,20-33,35-41,45,48H,2,5-6,18-19,34H2. The van der Waals surface area contributed by atoms with Crippen molar-refractivity contribution in [1.82, 2.24) is 0 Å². The first-order valence-corrected chi connectivity index (χ1v) is 23.1. The van der Waals surface area contributed by atoms with Gasteiger partial charge in [-0.2, -0.15) is 0 Å². The van der Waals surface area contributed by atoms with E-state index in [-0.39, 0.29) is 5.92 Å². The highest BCUT2D eigenvalue weighted by atomic mass is 16.3. The van der Waals surface area contributed by atoms with Gasteiger partial charge in [0.1, 0.15) is 11.2 Å². The number of hydrogen-bond acceptors (Lipinski definition) is 2. The second-order valence-electron chi connectivity index (χ2n) is 17.7. The molecule has 1 atom stereocenters. The number of allylic oxidation sites excluding steroid dienone is 3. The Labute approximate surface area is 375 Å². The topological polar surface area (TPSA) is 16.4 Å². The van der Waals surface area contributed by atoms with E-state index in [1.165, 1.54) is 110 Å². The van der Waals surface area contributed by atoms with Gasteiger partial charge in [-0.05, 0) is 117 Å². The summed E-state index contributed by atoms with van der Waals surface area (Å²) >= 11 is 0. The van der Waals surface area contributed by atoms with Gasteiger partial charge in [-0.15, -0.1) is 0 Å². The van der Waals surface area contributed by atoms with Crippen molar-refractivity contribution in [2.24, 2.45) is 0 Å². The lowest BCUT2D eigenvalue weighted by atomic mass is 9.80. The zero-order valence-electron chi connectivity index (χ0n) is 36.0. The van der Waals surface area contributed by atoms with Gasteiger partial charge in [-0.3, -0.25) is 0 Å². The van der Waals surface area contributed by atoms with Crippen molar-refractivity contribution >= 4 is 60.4 Å². The first-order chi connectivity index (χ1) is 31.7. The smallest absolute Gasteiger partial charge is 0.135 e. The van der Waals surface area contributed by atoms with Crippen LogP contribution in [0.5, 0.6) is 0 Å². The van der Waals surface area contributed by atoms with Gasteiger partial charge in [-0.25, -0.2) is 0 Å². The summed E-state index contributed by atoms with van der Waals surface area (Å²) in [5.74, 6) is 0.748. The summed E-state index contributed by atoms with van der Waals surface area (Å²) in [6, 6.07) is 73.8. The van der Waals surface area contributed by atoms with Crippen LogP contribution in [0.15, 0.2) is 222 Å². The van der Waals surface area contributed by atoms with E-state index in [0.717, 1.165) is 34.0 Å². The molecule has 0 N–H and O–H groups in total. The summed E-state index contributed by atoms with van der Waals surface area (Å²) in [6.45, 7) is 0. The maximum atomic E-state index is 6.22. The maximum Gasteiger partial charge on any atom is 0.135 e. The van der Waals surface area contributed by atoms with Gasteiger partial charge in [0.15, 0.2) is 0 Å². The van der Waals surface area contributed by atoms with Crippen LogP contribution in [0.2, 0.25) is 0 Å². The Morgan fingerprint density at radius 1 is 0.453 bits per heavy atom. The van der Waals surface area contributed by atoms with E-state index in [9.17, 15) is 0 Å². The van der Waals surface area contributed by atoms with E-state index in [2.05, 4.69) is 205 Å². The Balaban J connectivity index is 1.07. The molecule has 10 aromatic rings. The summed E-state index contributed by atoms with van der Waals surface area (Å²) in [7, 11) is 0. The number of hydrogen-bond donors (Lipinski definition) is 0. The van der Waals surface area contributed by atoms with E-state index in [4.69, 9.17) is 4.42 Å². The van der Waals surface area contributed by atoms with Crippen LogP contribution in [0.25, 0.3) is 71.3 Å². The van der Waals surface area contributed by atoms with Crippen LogP contribution in [0, 0.1) is 0 Å². The second-order valence-corrected chi connectivity index (χ2v) is 17.7. The molecule has 308 valence electrons. The van der Waals surface area contributed by atoms with Gasteiger partial charge in [0, 0.05) is 33.5 Å². The summed E-state index contributed by atoms with van der Waals surface area (Å²) in [4.78, 5) is 2.56. The molecule has 1 fully saturated rings. The molecule has 0 amide bonds. The lowest BCUT2D eigenvalue weighted by Gasteiger charge is -2.35. The van der Waals surface area contributed by atoms with E-state index >= 15 is 0 Å². The number of nitrogens with zero attached hydrogens (tertiary/aromatic N) is 1. The van der Waals surface area contributed by atoms with Gasteiger partial charge in [0.05, 0.1) is 11.4 Å². The summed E-state index contributed by atoms with van der Waals surface area (Å²) in [6.07, 6.45) is 12.4. The van der Waals surface area contributed by atoms with E-state index in [1.807, 2.05) is 12.1 Å². The summed E-state index contributed by atoms with van der Waals surface area (Å²) in [5, 5.41) is 7.57. The minimum absolute atomic E-state index is 0.175. The zero-order chi connectivity index (χ0) is 42.4. The Morgan fingerprint density at radius 2 is 1.11 bits per heavy atom. The van der Waals surface area contributed by atoms with Crippen LogP contribution in [-0.4, -0.2) is 0 Å². The lowest BCUT2D eigenvalue weighted by Crippen LogP contribution is -2.21. The molecule has 64 heavy (non-hydrogen) atoms. The fourth-order valence-corrected chi connectivity index (χ4v) is 10.9. The summed E-state index contributed by atoms with van der Waals surface area (Å²) in [5.41, 5.74) is 15.5. The van der Waals surface area contributed by atoms with Crippen molar-refractivity contribution in [3.8, 4) is 22.3 Å². The monoisotopic (exact) mass is 823 g/mol. The average molecular weight is 824 g/mol. The number of benzene rings is 9. The molecule has 0 saturated heterocycles. The molecule has 2 nitrogen and oxygen atoms in total. The van der Waals surface area contributed by atoms with Gasteiger partial charge in [0.25, 0.3) is 0 Å². The number of rotatable bonds is 8. The SMILES string of the molecule is C1=C(c2ccccc2)C(N(c2ccc(-c3ccc4oc5ccccc5c4c3)cc2)c2ccccc2-c2cccc3cccc(C4CCCCC4)c23)=CC(c2cccc3ccccc23)C1. The predicted octanol–water partition coefficient (Wildman–Crippen LogP) is 17.6. The van der Waals surface area contributed by atoms with E-state index < -0.39 is 0 Å². The van der Waals surface area contributed by atoms with Gasteiger partial charge < -0.3 is 9.32 Å². The molecule has 0 bridgehead atoms. The molecule has 1 aromatic heterocycles. The highest BCUT2D eigenvalue weighted by molar-refractivity contribution is 6.07. The molecular weight excluding hydrogens is 775 g/mol. The molecule has 9 aromatic carbocycles. The Bertz CT molecular complexity index is 3390. The first kappa shape index (κ1) is 38.3. The van der Waals surface area contributed by atoms with Gasteiger partial charge >= 0.3 is 0 Å². The molecule has 2 heteroatoms. The van der Waals surface area contributed by atoms with Gasteiger partial charge in [-0.1, -0.05) is 195 Å². The van der Waals surface area contributed by atoms with Gasteiger partial charge in [0.2, 0.25) is 0 Å². The Morgan fingerprint density at radius 3 is 1.97 bits per heavy atom. The predicted molar refractivity (Wildman–Crippen MR) is 270 cm³/mol. The molecule has 1 saturated carbocycles. The van der Waals surface area contributed by atoms with Crippen molar-refractivity contribution in [3.63, 3.8) is 0 Å². The van der Waals surface area contributed by atoms with Crippen LogP contribution in [-0.2, 0) is 0 Å². The van der Waals surface area contributed by atoms with Crippen LogP contribution >= 0.6 is 0 Å². The number of furan rings is 1. The minimum Gasteiger partial charge on any atom is -0.456 e. The van der Waals surface area contributed by atoms with E-state index in [1.54, 1.807) is 0 Å². The number of para-hydroxylation sites is 2. The molecule has 2 aliphatic rings. The van der Waals surface area contributed by atoms with Crippen molar-refractivity contribution in [3.05, 3.63) is 235 Å². The quantitative estimate of drug-likeness (QED) is 0.152. The van der Waals surface area contributed by atoms with Crippen molar-refractivity contribution < 1.29 is 4.42 Å². The van der Waals surface area contributed by atoms with Crippen molar-refractivity contribution in [2.75, 3.05) is 4.90 Å². The fourth-order valence-electron chi connectivity index (χ4n) is 10.9. The highest BCUT2D eigenvalue weighted by Gasteiger charge is 2.29. The largest absolute Gasteiger partial charge is 0.456 e. The van der Waals surface area contributed by atoms with E-state index in [0.29, 0.717) is 5.92 Å². The second kappa shape index (κ2) is 16.4. The van der Waals surface area contributed by atoms with Crippen molar-refractivity contribution in [1.29, 1.82) is 0 Å². The third-order valence-electron chi connectivity index (χ3n) is 14.0. The van der Waals surface area contributed by atoms with Crippen molar-refractivity contribution in [2.45, 2.75) is 50.4 Å². The molecule has 0 spiro atoms. The van der Waals surface area contributed by atoms with Crippen LogP contribution in [0.3, 0.4) is 0 Å². The lowest BCUT2D eigenvalue weighted by molar-refractivity contribution is 0.445. The Hall–Kier alpha value is -7.42. The van der Waals surface area contributed by atoms with Crippen LogP contribution < -0.4 is 4.90 Å². The molecule has 1 unspecified atom stereocenters. The normalized spacial score (nSPS) is 15.7. The number of anilines is 2. The zero-order valence-corrected chi connectivity index (χ0v) is 36.0. The highest BCUT2D eigenvalue weighted by Crippen LogP contribution is 2.48. The van der Waals surface area contributed by atoms with Crippen LogP contribution in [0.4, 0.5) is 11.4 Å². The summed E-state index contributed by atoms with van der Waals surface area (Å²) < 4.78 is 6.22. The molecule has 12 rings (SSSR count). The molecule has 0 radical (unpaired) electrons. The average Bonchev–Trinajstić information content (AvgIpc) is 3.75.